The van der Waals surface area contributed by atoms with Crippen molar-refractivity contribution < 1.29 is 19.4 Å². The quantitative estimate of drug-likeness (QED) is 0.696. The first kappa shape index (κ1) is 18.6. The van der Waals surface area contributed by atoms with E-state index in [1.54, 1.807) is 49.4 Å². The number of nitrogens with zero attached hydrogens (tertiary/aromatic N) is 2. The van der Waals surface area contributed by atoms with Crippen LogP contribution in [0, 0.1) is 6.92 Å². The van der Waals surface area contributed by atoms with Crippen LogP contribution in [0.25, 0.3) is 11.0 Å². The van der Waals surface area contributed by atoms with Crippen molar-refractivity contribution in [3.63, 3.8) is 0 Å². The summed E-state index contributed by atoms with van der Waals surface area (Å²) in [6.07, 6.45) is 0. The van der Waals surface area contributed by atoms with E-state index in [1.165, 1.54) is 6.92 Å². The number of halogens is 1. The zero-order valence-corrected chi connectivity index (χ0v) is 15.3. The minimum atomic E-state index is -1.10. The smallest absolute Gasteiger partial charge is 0.325 e. The molecule has 1 amide bonds. The Labute approximate surface area is 160 Å². The van der Waals surface area contributed by atoms with Crippen LogP contribution in [-0.2, 0) is 4.79 Å². The highest BCUT2D eigenvalue weighted by Gasteiger charge is 2.15. The van der Waals surface area contributed by atoms with E-state index in [2.05, 4.69) is 15.3 Å². The number of aliphatic carboxylic acids is 1. The van der Waals surface area contributed by atoms with Crippen molar-refractivity contribution >= 4 is 34.5 Å². The molecule has 0 unspecified atom stereocenters. The van der Waals surface area contributed by atoms with Crippen LogP contribution in [0.4, 0.5) is 0 Å². The second-order valence-electron chi connectivity index (χ2n) is 5.91. The van der Waals surface area contributed by atoms with E-state index in [4.69, 9.17) is 21.4 Å². The lowest BCUT2D eigenvalue weighted by Gasteiger charge is -2.11. The minimum Gasteiger partial charge on any atom is -0.480 e. The van der Waals surface area contributed by atoms with Crippen molar-refractivity contribution in [1.82, 2.24) is 15.3 Å². The summed E-state index contributed by atoms with van der Waals surface area (Å²) in [5, 5.41) is 11.8. The molecule has 0 aliphatic heterocycles. The fourth-order valence-electron chi connectivity index (χ4n) is 2.32. The number of carbonyl (C=O) groups excluding carboxylic acids is 1. The van der Waals surface area contributed by atoms with Gasteiger partial charge in [0.15, 0.2) is 0 Å². The molecule has 1 atom stereocenters. The molecule has 0 fully saturated rings. The van der Waals surface area contributed by atoms with Crippen molar-refractivity contribution in [2.75, 3.05) is 0 Å². The van der Waals surface area contributed by atoms with Crippen molar-refractivity contribution in [2.45, 2.75) is 19.9 Å². The van der Waals surface area contributed by atoms with E-state index < -0.39 is 17.9 Å². The molecule has 0 aliphatic rings. The highest BCUT2D eigenvalue weighted by atomic mass is 35.5. The average molecular weight is 386 g/mol. The fraction of sp³-hybridized carbons (Fsp3) is 0.158. The van der Waals surface area contributed by atoms with Crippen LogP contribution >= 0.6 is 11.6 Å². The Balaban J connectivity index is 1.77. The molecule has 2 aromatic carbocycles. The SMILES string of the molecule is Cc1nc2cc(Cl)ccc2nc1Oc1ccc(C(=O)N[C@@H](C)C(=O)O)cc1. The zero-order valence-electron chi connectivity index (χ0n) is 14.6. The largest absolute Gasteiger partial charge is 0.480 e. The highest BCUT2D eigenvalue weighted by molar-refractivity contribution is 6.31. The number of fused-ring (bicyclic) bond motifs is 1. The molecular weight excluding hydrogens is 370 g/mol. The summed E-state index contributed by atoms with van der Waals surface area (Å²) in [7, 11) is 0. The zero-order chi connectivity index (χ0) is 19.6. The number of ether oxygens (including phenoxy) is 1. The van der Waals surface area contributed by atoms with Gasteiger partial charge in [0.1, 0.15) is 17.5 Å². The Bertz CT molecular complexity index is 1020. The summed E-state index contributed by atoms with van der Waals surface area (Å²) in [5.41, 5.74) is 2.25. The number of carboxylic acids is 1. The summed E-state index contributed by atoms with van der Waals surface area (Å²) in [6, 6.07) is 10.5. The van der Waals surface area contributed by atoms with Gasteiger partial charge in [0.2, 0.25) is 5.88 Å². The third-order valence-corrected chi connectivity index (χ3v) is 4.04. The predicted octanol–water partition coefficient (Wildman–Crippen LogP) is 3.59. The first-order valence-corrected chi connectivity index (χ1v) is 8.47. The second-order valence-corrected chi connectivity index (χ2v) is 6.34. The predicted molar refractivity (Wildman–Crippen MR) is 100 cm³/mol. The first-order chi connectivity index (χ1) is 12.8. The lowest BCUT2D eigenvalue weighted by Crippen LogP contribution is -2.38. The molecule has 0 saturated carbocycles. The number of amides is 1. The Morgan fingerprint density at radius 3 is 2.48 bits per heavy atom. The number of carboxylic acid groups (broad SMARTS) is 1. The molecule has 3 rings (SSSR count). The molecule has 0 spiro atoms. The Hall–Kier alpha value is -3.19. The number of aromatic nitrogens is 2. The number of hydrogen-bond donors (Lipinski definition) is 2. The van der Waals surface area contributed by atoms with Gasteiger partial charge in [-0.2, -0.15) is 0 Å². The van der Waals surface area contributed by atoms with Crippen molar-refractivity contribution in [3.8, 4) is 11.6 Å². The average Bonchev–Trinajstić information content (AvgIpc) is 2.63. The minimum absolute atomic E-state index is 0.325. The first-order valence-electron chi connectivity index (χ1n) is 8.09. The molecule has 27 heavy (non-hydrogen) atoms. The number of hydrogen-bond acceptors (Lipinski definition) is 5. The maximum atomic E-state index is 12.0. The monoisotopic (exact) mass is 385 g/mol. The molecule has 1 aromatic heterocycles. The van der Waals surface area contributed by atoms with Gasteiger partial charge < -0.3 is 15.2 Å². The second kappa shape index (κ2) is 7.59. The number of carbonyl (C=O) groups is 2. The molecular formula is C19H16ClN3O4. The molecule has 138 valence electrons. The Morgan fingerprint density at radius 1 is 1.11 bits per heavy atom. The normalized spacial score (nSPS) is 11.8. The topological polar surface area (TPSA) is 101 Å². The summed E-state index contributed by atoms with van der Waals surface area (Å²) >= 11 is 5.97. The number of benzene rings is 2. The third-order valence-electron chi connectivity index (χ3n) is 3.81. The van der Waals surface area contributed by atoms with Gasteiger partial charge in [0.05, 0.1) is 11.0 Å². The van der Waals surface area contributed by atoms with Crippen LogP contribution < -0.4 is 10.1 Å². The molecule has 1 heterocycles. The molecule has 0 bridgehead atoms. The molecule has 3 aromatic rings. The van der Waals surface area contributed by atoms with Crippen molar-refractivity contribution in [1.29, 1.82) is 0 Å². The summed E-state index contributed by atoms with van der Waals surface area (Å²) in [4.78, 5) is 31.7. The molecule has 0 radical (unpaired) electrons. The number of aryl methyl sites for hydroxylation is 1. The van der Waals surface area contributed by atoms with Gasteiger partial charge in [-0.1, -0.05) is 11.6 Å². The highest BCUT2D eigenvalue weighted by Crippen LogP contribution is 2.25. The van der Waals surface area contributed by atoms with Crippen molar-refractivity contribution in [2.24, 2.45) is 0 Å². The van der Waals surface area contributed by atoms with E-state index in [-0.39, 0.29) is 0 Å². The molecule has 0 aliphatic carbocycles. The van der Waals surface area contributed by atoms with Gasteiger partial charge in [-0.05, 0) is 56.3 Å². The van der Waals surface area contributed by atoms with Crippen LogP contribution in [0.3, 0.4) is 0 Å². The van der Waals surface area contributed by atoms with E-state index in [9.17, 15) is 9.59 Å². The summed E-state index contributed by atoms with van der Waals surface area (Å²) < 4.78 is 5.77. The van der Waals surface area contributed by atoms with Crippen molar-refractivity contribution in [3.05, 3.63) is 58.7 Å². The van der Waals surface area contributed by atoms with Crippen LogP contribution in [0.15, 0.2) is 42.5 Å². The Morgan fingerprint density at radius 2 is 1.81 bits per heavy atom. The number of nitrogens with one attached hydrogen (secondary N) is 1. The van der Waals surface area contributed by atoms with E-state index in [0.29, 0.717) is 38.9 Å². The lowest BCUT2D eigenvalue weighted by atomic mass is 10.2. The van der Waals surface area contributed by atoms with Gasteiger partial charge in [-0.15, -0.1) is 0 Å². The summed E-state index contributed by atoms with van der Waals surface area (Å²) in [6.45, 7) is 3.17. The molecule has 0 saturated heterocycles. The lowest BCUT2D eigenvalue weighted by molar-refractivity contribution is -0.138. The number of rotatable bonds is 5. The van der Waals surface area contributed by atoms with Gasteiger partial charge in [0.25, 0.3) is 5.91 Å². The maximum Gasteiger partial charge on any atom is 0.325 e. The van der Waals surface area contributed by atoms with E-state index >= 15 is 0 Å². The third kappa shape index (κ3) is 4.32. The van der Waals surface area contributed by atoms with Crippen LogP contribution in [0.5, 0.6) is 11.6 Å². The van der Waals surface area contributed by atoms with Crippen LogP contribution in [-0.4, -0.2) is 33.0 Å². The molecule has 2 N–H and O–H groups in total. The fourth-order valence-corrected chi connectivity index (χ4v) is 2.49. The van der Waals surface area contributed by atoms with Gasteiger partial charge in [-0.25, -0.2) is 9.97 Å². The Kier molecular flexibility index (Phi) is 5.23. The van der Waals surface area contributed by atoms with E-state index in [0.717, 1.165) is 0 Å². The molecule has 8 heteroatoms. The van der Waals surface area contributed by atoms with E-state index in [1.807, 2.05) is 0 Å². The van der Waals surface area contributed by atoms with Gasteiger partial charge in [0, 0.05) is 10.6 Å². The van der Waals surface area contributed by atoms with Crippen LogP contribution in [0.1, 0.15) is 23.0 Å². The maximum absolute atomic E-state index is 12.0. The van der Waals surface area contributed by atoms with Gasteiger partial charge >= 0.3 is 5.97 Å². The standard InChI is InChI=1S/C19H16ClN3O4/c1-10-18(23-15-8-5-13(20)9-16(15)21-10)27-14-6-3-12(4-7-14)17(24)22-11(2)19(25)26/h3-9,11H,1-2H3,(H,22,24)(H,25,26)/t11-/m0/s1. The molecule has 7 nitrogen and oxygen atoms in total. The summed E-state index contributed by atoms with van der Waals surface area (Å²) in [5.74, 6) is -0.755. The van der Waals surface area contributed by atoms with Crippen LogP contribution in [0.2, 0.25) is 5.02 Å². The van der Waals surface area contributed by atoms with Gasteiger partial charge in [-0.3, -0.25) is 9.59 Å².